The molecule has 1 aromatic heterocycles. The third-order valence-electron chi connectivity index (χ3n) is 5.14. The van der Waals surface area contributed by atoms with Crippen molar-refractivity contribution in [2.75, 3.05) is 30.8 Å². The van der Waals surface area contributed by atoms with Crippen molar-refractivity contribution in [1.82, 2.24) is 15.1 Å². The number of urea groups is 1. The molecule has 1 aliphatic rings. The van der Waals surface area contributed by atoms with Gasteiger partial charge in [-0.05, 0) is 49.2 Å². The molecule has 0 saturated carbocycles. The van der Waals surface area contributed by atoms with Crippen molar-refractivity contribution >= 4 is 34.6 Å². The molecule has 0 spiro atoms. The fourth-order valence-corrected chi connectivity index (χ4v) is 4.38. The number of methoxy groups -OCH3 is 1. The lowest BCUT2D eigenvalue weighted by atomic mass is 9.99. The third kappa shape index (κ3) is 5.02. The van der Waals surface area contributed by atoms with Crippen molar-refractivity contribution in [2.45, 2.75) is 18.8 Å². The molecule has 3 aromatic rings. The van der Waals surface area contributed by atoms with Gasteiger partial charge in [0.15, 0.2) is 0 Å². The van der Waals surface area contributed by atoms with E-state index < -0.39 is 5.91 Å². The molecule has 1 aliphatic heterocycles. The van der Waals surface area contributed by atoms with E-state index >= 15 is 0 Å². The number of benzene rings is 2. The SMILES string of the molecule is COc1ccccc1NC(=O)N1CCC[C@@H](c2nnc(C(=O)Nc3ccc(F)cc3)s2)C1. The van der Waals surface area contributed by atoms with E-state index in [9.17, 15) is 14.0 Å². The fraction of sp³-hybridized carbons (Fsp3) is 0.273. The van der Waals surface area contributed by atoms with E-state index in [-0.39, 0.29) is 22.8 Å². The summed E-state index contributed by atoms with van der Waals surface area (Å²) in [7, 11) is 1.56. The number of likely N-dealkylation sites (tertiary alicyclic amines) is 1. The van der Waals surface area contributed by atoms with Gasteiger partial charge in [0, 0.05) is 24.7 Å². The van der Waals surface area contributed by atoms with Crippen LogP contribution in [0.15, 0.2) is 48.5 Å². The quantitative estimate of drug-likeness (QED) is 0.596. The Bertz CT molecular complexity index is 1100. The summed E-state index contributed by atoms with van der Waals surface area (Å²) in [6.07, 6.45) is 1.67. The Balaban J connectivity index is 1.39. The first kappa shape index (κ1) is 21.7. The number of hydrogen-bond donors (Lipinski definition) is 2. The molecule has 0 aliphatic carbocycles. The summed E-state index contributed by atoms with van der Waals surface area (Å²) in [6.45, 7) is 1.11. The number of rotatable bonds is 5. The number of halogens is 1. The number of para-hydroxylation sites is 2. The molecule has 1 atom stereocenters. The first-order chi connectivity index (χ1) is 15.5. The largest absolute Gasteiger partial charge is 0.495 e. The molecular weight excluding hydrogens is 433 g/mol. The molecule has 8 nitrogen and oxygen atoms in total. The maximum atomic E-state index is 13.0. The van der Waals surface area contributed by atoms with Crippen LogP contribution in [0.4, 0.5) is 20.6 Å². The van der Waals surface area contributed by atoms with Crippen LogP contribution in [0, 0.1) is 5.82 Å². The zero-order chi connectivity index (χ0) is 22.5. The second kappa shape index (κ2) is 9.73. The van der Waals surface area contributed by atoms with E-state index in [4.69, 9.17) is 4.74 Å². The number of amides is 3. The third-order valence-corrected chi connectivity index (χ3v) is 6.23. The zero-order valence-electron chi connectivity index (χ0n) is 17.4. The summed E-state index contributed by atoms with van der Waals surface area (Å²) in [6, 6.07) is 12.5. The first-order valence-electron chi connectivity index (χ1n) is 10.1. The van der Waals surface area contributed by atoms with Gasteiger partial charge in [0.2, 0.25) is 5.01 Å². The van der Waals surface area contributed by atoms with E-state index in [2.05, 4.69) is 20.8 Å². The molecule has 2 aromatic carbocycles. The molecule has 1 saturated heterocycles. The smallest absolute Gasteiger partial charge is 0.321 e. The second-order valence-electron chi connectivity index (χ2n) is 7.32. The Morgan fingerprint density at radius 2 is 1.91 bits per heavy atom. The van der Waals surface area contributed by atoms with Crippen LogP contribution in [0.25, 0.3) is 0 Å². The lowest BCUT2D eigenvalue weighted by Gasteiger charge is -2.31. The van der Waals surface area contributed by atoms with E-state index in [0.29, 0.717) is 35.2 Å². The van der Waals surface area contributed by atoms with Crippen LogP contribution in [0.2, 0.25) is 0 Å². The summed E-state index contributed by atoms with van der Waals surface area (Å²) < 4.78 is 18.3. The van der Waals surface area contributed by atoms with Gasteiger partial charge >= 0.3 is 6.03 Å². The van der Waals surface area contributed by atoms with Crippen molar-refractivity contribution in [2.24, 2.45) is 0 Å². The van der Waals surface area contributed by atoms with Crippen molar-refractivity contribution in [3.05, 3.63) is 64.4 Å². The fourth-order valence-electron chi connectivity index (χ4n) is 3.51. The number of piperidine rings is 1. The molecule has 10 heteroatoms. The minimum absolute atomic E-state index is 0.00274. The van der Waals surface area contributed by atoms with Crippen molar-refractivity contribution in [3.63, 3.8) is 0 Å². The Morgan fingerprint density at radius 3 is 2.69 bits per heavy atom. The highest BCUT2D eigenvalue weighted by molar-refractivity contribution is 7.13. The average molecular weight is 456 g/mol. The second-order valence-corrected chi connectivity index (χ2v) is 8.33. The zero-order valence-corrected chi connectivity index (χ0v) is 18.2. The summed E-state index contributed by atoms with van der Waals surface area (Å²) in [5.74, 6) is -0.188. The molecule has 4 rings (SSSR count). The van der Waals surface area contributed by atoms with Crippen LogP contribution in [0.5, 0.6) is 5.75 Å². The number of ether oxygens (including phenoxy) is 1. The Labute approximate surface area is 188 Å². The predicted molar refractivity (Wildman–Crippen MR) is 120 cm³/mol. The molecule has 2 heterocycles. The molecule has 3 amide bonds. The van der Waals surface area contributed by atoms with Crippen LogP contribution >= 0.6 is 11.3 Å². The number of nitrogens with one attached hydrogen (secondary N) is 2. The number of nitrogens with zero attached hydrogens (tertiary/aromatic N) is 3. The van der Waals surface area contributed by atoms with Crippen LogP contribution < -0.4 is 15.4 Å². The highest BCUT2D eigenvalue weighted by Gasteiger charge is 2.28. The number of anilines is 2. The molecular formula is C22H22FN5O3S. The maximum absolute atomic E-state index is 13.0. The highest BCUT2D eigenvalue weighted by Crippen LogP contribution is 2.30. The Hall–Kier alpha value is -3.53. The van der Waals surface area contributed by atoms with Crippen molar-refractivity contribution < 1.29 is 18.7 Å². The molecule has 32 heavy (non-hydrogen) atoms. The Morgan fingerprint density at radius 1 is 1.12 bits per heavy atom. The van der Waals surface area contributed by atoms with Gasteiger partial charge in [0.05, 0.1) is 12.8 Å². The molecule has 0 radical (unpaired) electrons. The number of carbonyl (C=O) groups excluding carboxylic acids is 2. The minimum Gasteiger partial charge on any atom is -0.495 e. The van der Waals surface area contributed by atoms with Crippen molar-refractivity contribution in [3.8, 4) is 5.75 Å². The minimum atomic E-state index is -0.401. The molecule has 0 bridgehead atoms. The maximum Gasteiger partial charge on any atom is 0.321 e. The lowest BCUT2D eigenvalue weighted by Crippen LogP contribution is -2.41. The number of aromatic nitrogens is 2. The highest BCUT2D eigenvalue weighted by atomic mass is 32.1. The van der Waals surface area contributed by atoms with E-state index in [1.807, 2.05) is 12.1 Å². The van der Waals surface area contributed by atoms with Crippen LogP contribution in [-0.2, 0) is 0 Å². The Kier molecular flexibility index (Phi) is 6.60. The van der Waals surface area contributed by atoms with E-state index in [1.54, 1.807) is 24.1 Å². The average Bonchev–Trinajstić information content (AvgIpc) is 3.32. The summed E-state index contributed by atoms with van der Waals surface area (Å²) >= 11 is 1.21. The van der Waals surface area contributed by atoms with Gasteiger partial charge in [-0.25, -0.2) is 9.18 Å². The van der Waals surface area contributed by atoms with Gasteiger partial charge in [0.25, 0.3) is 5.91 Å². The van der Waals surface area contributed by atoms with Crippen molar-refractivity contribution in [1.29, 1.82) is 0 Å². The van der Waals surface area contributed by atoms with E-state index in [1.165, 1.54) is 35.6 Å². The van der Waals surface area contributed by atoms with Crippen LogP contribution in [0.3, 0.4) is 0 Å². The number of hydrogen-bond acceptors (Lipinski definition) is 6. The predicted octanol–water partition coefficient (Wildman–Crippen LogP) is 4.35. The normalized spacial score (nSPS) is 15.8. The lowest BCUT2D eigenvalue weighted by molar-refractivity contribution is 0.102. The topological polar surface area (TPSA) is 96.4 Å². The van der Waals surface area contributed by atoms with Gasteiger partial charge in [-0.1, -0.05) is 23.5 Å². The van der Waals surface area contributed by atoms with Gasteiger partial charge < -0.3 is 20.3 Å². The molecule has 0 unspecified atom stereocenters. The molecule has 2 N–H and O–H groups in total. The number of carbonyl (C=O) groups is 2. The molecule has 166 valence electrons. The van der Waals surface area contributed by atoms with Gasteiger partial charge in [-0.15, -0.1) is 10.2 Å². The van der Waals surface area contributed by atoms with Crippen LogP contribution in [0.1, 0.15) is 33.6 Å². The standard InChI is InChI=1S/C22H22FN5O3S/c1-31-18-7-3-2-6-17(18)25-22(30)28-12-4-5-14(13-28)20-26-27-21(32-20)19(29)24-16-10-8-15(23)9-11-16/h2-3,6-11,14H,4-5,12-13H2,1H3,(H,24,29)(H,25,30)/t14-/m1/s1. The van der Waals surface area contributed by atoms with Gasteiger partial charge in [-0.2, -0.15) is 0 Å². The van der Waals surface area contributed by atoms with Crippen LogP contribution in [-0.4, -0.2) is 47.2 Å². The van der Waals surface area contributed by atoms with E-state index in [0.717, 1.165) is 12.8 Å². The van der Waals surface area contributed by atoms with Gasteiger partial charge in [-0.3, -0.25) is 4.79 Å². The summed E-state index contributed by atoms with van der Waals surface area (Å²) in [5.41, 5.74) is 1.09. The summed E-state index contributed by atoms with van der Waals surface area (Å²) in [4.78, 5) is 27.0. The first-order valence-corrected chi connectivity index (χ1v) is 10.9. The van der Waals surface area contributed by atoms with Gasteiger partial charge in [0.1, 0.15) is 16.6 Å². The monoisotopic (exact) mass is 455 g/mol. The molecule has 1 fully saturated rings. The summed E-state index contributed by atoms with van der Waals surface area (Å²) in [5, 5.41) is 14.7.